The van der Waals surface area contributed by atoms with Crippen molar-refractivity contribution in [3.8, 4) is 0 Å². The lowest BCUT2D eigenvalue weighted by molar-refractivity contribution is -0.153. The van der Waals surface area contributed by atoms with Crippen molar-refractivity contribution in [3.63, 3.8) is 0 Å². The van der Waals surface area contributed by atoms with Crippen molar-refractivity contribution >= 4 is 5.97 Å². The summed E-state index contributed by atoms with van der Waals surface area (Å²) in [7, 11) is 3.46. The zero-order valence-electron chi connectivity index (χ0n) is 12.3. The molecule has 0 saturated carbocycles. The van der Waals surface area contributed by atoms with Crippen molar-refractivity contribution in [1.82, 2.24) is 19.7 Å². The first-order valence-electron chi connectivity index (χ1n) is 6.89. The first-order chi connectivity index (χ1) is 9.55. The van der Waals surface area contributed by atoms with Crippen LogP contribution in [0.15, 0.2) is 0 Å². The summed E-state index contributed by atoms with van der Waals surface area (Å²) in [6.45, 7) is 3.44. The summed E-state index contributed by atoms with van der Waals surface area (Å²) in [5.74, 6) is 0.882. The van der Waals surface area contributed by atoms with E-state index in [1.807, 2.05) is 23.4 Å². The van der Waals surface area contributed by atoms with Crippen LogP contribution in [0.25, 0.3) is 0 Å². The van der Waals surface area contributed by atoms with Crippen LogP contribution in [0.1, 0.15) is 31.4 Å². The van der Waals surface area contributed by atoms with Crippen LogP contribution in [0.4, 0.5) is 0 Å². The highest BCUT2D eigenvalue weighted by Crippen LogP contribution is 2.31. The Morgan fingerprint density at radius 2 is 2.15 bits per heavy atom. The molecule has 1 N–H and O–H groups in total. The second-order valence-electron chi connectivity index (χ2n) is 5.24. The van der Waals surface area contributed by atoms with Gasteiger partial charge in [-0.3, -0.25) is 9.69 Å². The van der Waals surface area contributed by atoms with E-state index in [1.165, 1.54) is 0 Å². The summed E-state index contributed by atoms with van der Waals surface area (Å²) >= 11 is 0. The highest BCUT2D eigenvalue weighted by molar-refractivity contribution is 5.79. The summed E-state index contributed by atoms with van der Waals surface area (Å²) in [4.78, 5) is 13.6. The molecule has 0 bridgehead atoms. The van der Waals surface area contributed by atoms with E-state index >= 15 is 0 Å². The number of rotatable bonds is 6. The molecule has 0 spiro atoms. The van der Waals surface area contributed by atoms with Crippen LogP contribution in [0.5, 0.6) is 0 Å². The first kappa shape index (κ1) is 14.9. The molecule has 1 saturated heterocycles. The van der Waals surface area contributed by atoms with Crippen LogP contribution in [-0.4, -0.2) is 56.5 Å². The van der Waals surface area contributed by atoms with E-state index < -0.39 is 11.5 Å². The fourth-order valence-electron chi connectivity index (χ4n) is 2.89. The topological polar surface area (TPSA) is 80.5 Å². The normalized spacial score (nSPS) is 23.4. The monoisotopic (exact) mass is 282 g/mol. The molecule has 7 heteroatoms. The second-order valence-corrected chi connectivity index (χ2v) is 5.24. The number of aromatic nitrogens is 3. The molecule has 7 nitrogen and oxygen atoms in total. The summed E-state index contributed by atoms with van der Waals surface area (Å²) in [5.41, 5.74) is -0.937. The van der Waals surface area contributed by atoms with E-state index in [4.69, 9.17) is 4.74 Å². The molecule has 1 aliphatic heterocycles. The molecule has 1 atom stereocenters. The van der Waals surface area contributed by atoms with Gasteiger partial charge in [-0.2, -0.15) is 0 Å². The Hall–Kier alpha value is -1.47. The molecule has 1 fully saturated rings. The average molecular weight is 282 g/mol. The molecule has 0 aliphatic carbocycles. The molecular formula is C13H22N4O3. The van der Waals surface area contributed by atoms with Crippen molar-refractivity contribution in [1.29, 1.82) is 0 Å². The Kier molecular flexibility index (Phi) is 4.39. The Labute approximate surface area is 118 Å². The average Bonchev–Trinajstić information content (AvgIpc) is 2.97. The van der Waals surface area contributed by atoms with Gasteiger partial charge in [0.2, 0.25) is 0 Å². The molecule has 20 heavy (non-hydrogen) atoms. The predicted molar refractivity (Wildman–Crippen MR) is 72.3 cm³/mol. The van der Waals surface area contributed by atoms with Gasteiger partial charge in [-0.05, 0) is 19.4 Å². The fraction of sp³-hybridized carbons (Fsp3) is 0.769. The van der Waals surface area contributed by atoms with Crippen LogP contribution in [0, 0.1) is 0 Å². The molecule has 1 unspecified atom stereocenters. The van der Waals surface area contributed by atoms with Crippen LogP contribution < -0.4 is 0 Å². The molecule has 1 aromatic heterocycles. The zero-order chi connectivity index (χ0) is 14.8. The largest absolute Gasteiger partial charge is 0.480 e. The number of hydrogen-bond donors (Lipinski definition) is 1. The minimum atomic E-state index is -0.937. The number of ether oxygens (including phenoxy) is 1. The summed E-state index contributed by atoms with van der Waals surface area (Å²) < 4.78 is 7.09. The van der Waals surface area contributed by atoms with E-state index in [0.29, 0.717) is 13.0 Å². The molecular weight excluding hydrogens is 260 g/mol. The SMILES string of the molecule is CCc1nnc(CN2CCCC2(COC)C(=O)O)n1C. The molecule has 2 rings (SSSR count). The molecule has 0 aromatic carbocycles. The maximum absolute atomic E-state index is 11.7. The number of carboxylic acid groups (broad SMARTS) is 1. The lowest BCUT2D eigenvalue weighted by atomic mass is 9.97. The number of carbonyl (C=O) groups is 1. The summed E-state index contributed by atoms with van der Waals surface area (Å²) in [5, 5.41) is 17.9. The molecule has 0 amide bonds. The quantitative estimate of drug-likeness (QED) is 0.815. The van der Waals surface area contributed by atoms with Crippen LogP contribution in [0.2, 0.25) is 0 Å². The number of aryl methyl sites for hydroxylation is 1. The number of carboxylic acids is 1. The van der Waals surface area contributed by atoms with Gasteiger partial charge in [-0.15, -0.1) is 10.2 Å². The maximum atomic E-state index is 11.7. The number of hydrogen-bond acceptors (Lipinski definition) is 5. The van der Waals surface area contributed by atoms with Gasteiger partial charge < -0.3 is 14.4 Å². The van der Waals surface area contributed by atoms with Gasteiger partial charge in [0.25, 0.3) is 0 Å². The van der Waals surface area contributed by atoms with Gasteiger partial charge in [-0.1, -0.05) is 6.92 Å². The van der Waals surface area contributed by atoms with Crippen LogP contribution in [-0.2, 0) is 29.5 Å². The van der Waals surface area contributed by atoms with Crippen LogP contribution >= 0.6 is 0 Å². The standard InChI is InChI=1S/C13H22N4O3/c1-4-10-14-15-11(16(10)2)8-17-7-5-6-13(17,9-20-3)12(18)19/h4-9H2,1-3H3,(H,18,19). The highest BCUT2D eigenvalue weighted by Gasteiger charge is 2.48. The zero-order valence-corrected chi connectivity index (χ0v) is 12.3. The second kappa shape index (κ2) is 5.88. The predicted octanol–water partition coefficient (Wildman–Crippen LogP) is 0.443. The van der Waals surface area contributed by atoms with Crippen molar-refractivity contribution in [2.24, 2.45) is 7.05 Å². The van der Waals surface area contributed by atoms with E-state index in [9.17, 15) is 9.90 Å². The minimum absolute atomic E-state index is 0.195. The van der Waals surface area contributed by atoms with Crippen LogP contribution in [0.3, 0.4) is 0 Å². The van der Waals surface area contributed by atoms with Gasteiger partial charge in [0.05, 0.1) is 13.2 Å². The number of likely N-dealkylation sites (tertiary alicyclic amines) is 1. The van der Waals surface area contributed by atoms with E-state index in [-0.39, 0.29) is 6.61 Å². The van der Waals surface area contributed by atoms with Crippen molar-refractivity contribution in [2.75, 3.05) is 20.3 Å². The van der Waals surface area contributed by atoms with Gasteiger partial charge in [0.15, 0.2) is 0 Å². The third-order valence-corrected chi connectivity index (χ3v) is 4.11. The fourth-order valence-corrected chi connectivity index (χ4v) is 2.89. The Balaban J connectivity index is 2.22. The summed E-state index contributed by atoms with van der Waals surface area (Å²) in [6.07, 6.45) is 2.27. The molecule has 2 heterocycles. The molecule has 1 aliphatic rings. The van der Waals surface area contributed by atoms with Gasteiger partial charge in [0, 0.05) is 20.6 Å². The van der Waals surface area contributed by atoms with Crippen molar-refractivity contribution < 1.29 is 14.6 Å². The first-order valence-corrected chi connectivity index (χ1v) is 6.89. The van der Waals surface area contributed by atoms with Gasteiger partial charge in [0.1, 0.15) is 17.2 Å². The third-order valence-electron chi connectivity index (χ3n) is 4.11. The van der Waals surface area contributed by atoms with E-state index in [1.54, 1.807) is 7.11 Å². The van der Waals surface area contributed by atoms with Crippen molar-refractivity contribution in [2.45, 2.75) is 38.3 Å². The molecule has 1 aromatic rings. The molecule has 0 radical (unpaired) electrons. The minimum Gasteiger partial charge on any atom is -0.480 e. The Morgan fingerprint density at radius 3 is 2.70 bits per heavy atom. The Morgan fingerprint density at radius 1 is 1.45 bits per heavy atom. The van der Waals surface area contributed by atoms with Gasteiger partial charge >= 0.3 is 5.97 Å². The lowest BCUT2D eigenvalue weighted by Crippen LogP contribution is -2.53. The molecule has 112 valence electrons. The van der Waals surface area contributed by atoms with E-state index in [2.05, 4.69) is 10.2 Å². The number of methoxy groups -OCH3 is 1. The number of aliphatic carboxylic acids is 1. The third kappa shape index (κ3) is 2.43. The van der Waals surface area contributed by atoms with E-state index in [0.717, 1.165) is 31.0 Å². The summed E-state index contributed by atoms with van der Waals surface area (Å²) in [6, 6.07) is 0. The highest BCUT2D eigenvalue weighted by atomic mass is 16.5. The smallest absolute Gasteiger partial charge is 0.326 e. The Bertz CT molecular complexity index is 488. The lowest BCUT2D eigenvalue weighted by Gasteiger charge is -2.33. The van der Waals surface area contributed by atoms with Crippen molar-refractivity contribution in [3.05, 3.63) is 11.6 Å². The van der Waals surface area contributed by atoms with Gasteiger partial charge in [-0.25, -0.2) is 0 Å². The number of nitrogens with zero attached hydrogens (tertiary/aromatic N) is 4. The maximum Gasteiger partial charge on any atom is 0.326 e.